The Labute approximate surface area is 181 Å². The normalized spacial score (nSPS) is 42.2. The fraction of sp³-hybridized carbons (Fsp3) is 0.955. The summed E-state index contributed by atoms with van der Waals surface area (Å²) in [7, 11) is 0. The minimum Gasteiger partial charge on any atom is -0.394 e. The second kappa shape index (κ2) is 14.5. The third-order valence-electron chi connectivity index (χ3n) is 5.86. The molecule has 3 aliphatic heterocycles. The number of aliphatic hydroxyl groups excluding tert-OH is 5. The predicted octanol–water partition coefficient (Wildman–Crippen LogP) is 1.36. The van der Waals surface area contributed by atoms with E-state index in [-0.39, 0.29) is 49.2 Å². The largest absolute Gasteiger partial charge is 0.394 e. The first-order valence-corrected chi connectivity index (χ1v) is 11.3. The van der Waals surface area contributed by atoms with Crippen LogP contribution in [0.3, 0.4) is 0 Å². The number of hydrogen-bond acceptors (Lipinski definition) is 8. The van der Waals surface area contributed by atoms with Crippen LogP contribution in [0.5, 0.6) is 0 Å². The van der Waals surface area contributed by atoms with E-state index in [1.54, 1.807) is 13.8 Å². The molecule has 2 fully saturated rings. The molecule has 10 atom stereocenters. The summed E-state index contributed by atoms with van der Waals surface area (Å²) in [5, 5.41) is 46.7. The van der Waals surface area contributed by atoms with Crippen molar-refractivity contribution in [3.63, 3.8) is 0 Å². The molecule has 0 saturated carbocycles. The van der Waals surface area contributed by atoms with Crippen LogP contribution in [0.4, 0.5) is 0 Å². The number of fused-ring (bicyclic) bond motifs is 1. The van der Waals surface area contributed by atoms with E-state index in [2.05, 4.69) is 4.99 Å². The molecule has 180 valence electrons. The molecule has 3 aliphatic rings. The molecule has 0 spiro atoms. The fourth-order valence-electron chi connectivity index (χ4n) is 3.82. The van der Waals surface area contributed by atoms with Gasteiger partial charge in [0.25, 0.3) is 0 Å². The molecule has 2 saturated heterocycles. The van der Waals surface area contributed by atoms with Crippen LogP contribution in [0.2, 0.25) is 0 Å². The average molecular weight is 436 g/mol. The first-order valence-electron chi connectivity index (χ1n) is 11.3. The lowest BCUT2D eigenvalue weighted by molar-refractivity contribution is -0.248. The first kappa shape index (κ1) is 29.4. The average Bonchev–Trinajstić information content (AvgIpc) is 3.15. The Morgan fingerprint density at radius 2 is 1.27 bits per heavy atom. The Hall–Kier alpha value is -0.610. The van der Waals surface area contributed by atoms with Gasteiger partial charge in [-0.1, -0.05) is 48.5 Å². The molecular formula is C22H45NO7. The maximum Gasteiger partial charge on any atom is 0.160 e. The molecule has 3 rings (SSSR count). The highest BCUT2D eigenvalue weighted by molar-refractivity contribution is 5.84. The van der Waals surface area contributed by atoms with Crippen LogP contribution in [-0.4, -0.2) is 87.3 Å². The molecule has 3 heterocycles. The molecule has 0 bridgehead atoms. The topological polar surface area (TPSA) is 132 Å². The van der Waals surface area contributed by atoms with Gasteiger partial charge in [-0.25, -0.2) is 0 Å². The molecule has 0 aromatic rings. The molecule has 0 aromatic carbocycles. The molecule has 8 heteroatoms. The minimum absolute atomic E-state index is 0.0273. The van der Waals surface area contributed by atoms with Crippen LogP contribution in [0.1, 0.15) is 61.8 Å². The van der Waals surface area contributed by atoms with E-state index in [1.807, 2.05) is 41.5 Å². The highest BCUT2D eigenvalue weighted by Crippen LogP contribution is 2.33. The van der Waals surface area contributed by atoms with Gasteiger partial charge in [-0.3, -0.25) is 4.99 Å². The molecule has 0 amide bonds. The number of nitrogens with zero attached hydrogens (tertiary/aromatic N) is 1. The molecule has 0 aromatic heterocycles. The summed E-state index contributed by atoms with van der Waals surface area (Å²) in [6.45, 7) is 15.2. The van der Waals surface area contributed by atoms with E-state index in [4.69, 9.17) is 19.7 Å². The minimum atomic E-state index is -0.964. The summed E-state index contributed by atoms with van der Waals surface area (Å²) < 4.78 is 10.8. The van der Waals surface area contributed by atoms with Gasteiger partial charge in [0.1, 0.15) is 6.04 Å². The standard InChI is InChI=1S/C10H17NO3.C8H16O4.2C2H6/c1-5-3-7-9(11-5)10(13)6(2)8(4-12)14-7;1-4-6(3-9)12-8(11)5(2)7(4)10;2*1-2/h6-10,12-13H,3-4H2,1-2H3;4-11H,3H2,1-2H3;2*1-2H3/t6-,7-,8?,9?,10+;4-,5?,6?,7+,8?;;/m11../s1. The van der Waals surface area contributed by atoms with Crippen molar-refractivity contribution in [3.8, 4) is 0 Å². The van der Waals surface area contributed by atoms with Crippen molar-refractivity contribution in [3.05, 3.63) is 0 Å². The van der Waals surface area contributed by atoms with Gasteiger partial charge in [0, 0.05) is 29.9 Å². The number of rotatable bonds is 2. The highest BCUT2D eigenvalue weighted by atomic mass is 16.6. The summed E-state index contributed by atoms with van der Waals surface area (Å²) in [4.78, 5) is 4.37. The van der Waals surface area contributed by atoms with Crippen molar-refractivity contribution in [2.75, 3.05) is 13.2 Å². The summed E-state index contributed by atoms with van der Waals surface area (Å²) in [5.41, 5.74) is 1.03. The van der Waals surface area contributed by atoms with Crippen molar-refractivity contribution in [2.45, 2.75) is 105 Å². The molecule has 0 aliphatic carbocycles. The van der Waals surface area contributed by atoms with Crippen molar-refractivity contribution < 1.29 is 35.0 Å². The zero-order valence-electron chi connectivity index (χ0n) is 19.9. The van der Waals surface area contributed by atoms with Gasteiger partial charge in [0.15, 0.2) is 6.29 Å². The van der Waals surface area contributed by atoms with Crippen LogP contribution >= 0.6 is 0 Å². The van der Waals surface area contributed by atoms with Crippen LogP contribution in [-0.2, 0) is 9.47 Å². The fourth-order valence-corrected chi connectivity index (χ4v) is 3.82. The number of hydrogen-bond donors (Lipinski definition) is 5. The Morgan fingerprint density at radius 3 is 1.77 bits per heavy atom. The quantitative estimate of drug-likeness (QED) is 0.442. The van der Waals surface area contributed by atoms with Crippen molar-refractivity contribution >= 4 is 5.71 Å². The molecular weight excluding hydrogens is 390 g/mol. The Bertz CT molecular complexity index is 485. The van der Waals surface area contributed by atoms with E-state index >= 15 is 0 Å². The van der Waals surface area contributed by atoms with Crippen molar-refractivity contribution in [1.29, 1.82) is 0 Å². The van der Waals surface area contributed by atoms with Gasteiger partial charge >= 0.3 is 0 Å². The van der Waals surface area contributed by atoms with Gasteiger partial charge in [-0.2, -0.15) is 0 Å². The van der Waals surface area contributed by atoms with E-state index in [9.17, 15) is 15.3 Å². The molecule has 30 heavy (non-hydrogen) atoms. The monoisotopic (exact) mass is 435 g/mol. The smallest absolute Gasteiger partial charge is 0.160 e. The van der Waals surface area contributed by atoms with Crippen LogP contribution < -0.4 is 0 Å². The highest BCUT2D eigenvalue weighted by Gasteiger charge is 2.45. The second-order valence-corrected chi connectivity index (χ2v) is 7.76. The van der Waals surface area contributed by atoms with Gasteiger partial charge < -0.3 is 35.0 Å². The summed E-state index contributed by atoms with van der Waals surface area (Å²) in [6.07, 6.45) is -2.00. The van der Waals surface area contributed by atoms with E-state index < -0.39 is 24.6 Å². The van der Waals surface area contributed by atoms with Crippen molar-refractivity contribution in [2.24, 2.45) is 22.7 Å². The first-order chi connectivity index (χ1) is 14.2. The van der Waals surface area contributed by atoms with Crippen LogP contribution in [0.25, 0.3) is 0 Å². The van der Waals surface area contributed by atoms with Crippen LogP contribution in [0, 0.1) is 17.8 Å². The molecule has 8 nitrogen and oxygen atoms in total. The summed E-state index contributed by atoms with van der Waals surface area (Å²) in [6, 6.07) is -0.118. The molecule has 0 radical (unpaired) electrons. The van der Waals surface area contributed by atoms with Gasteiger partial charge in [0.2, 0.25) is 0 Å². The third-order valence-corrected chi connectivity index (χ3v) is 5.86. The SMILES string of the molecule is CC.CC.CC1=NC2[C@@H](O)[C@H](C)C(CO)O[C@@H]2C1.CC1C(O)OC(CO)[C@@H](C)[C@@H]1O. The third kappa shape index (κ3) is 7.22. The lowest BCUT2D eigenvalue weighted by atomic mass is 9.86. The zero-order chi connectivity index (χ0) is 23.6. The maximum atomic E-state index is 9.97. The Kier molecular flexibility index (Phi) is 14.2. The van der Waals surface area contributed by atoms with Crippen LogP contribution in [0.15, 0.2) is 4.99 Å². The number of aliphatic hydroxyl groups is 5. The summed E-state index contributed by atoms with van der Waals surface area (Å²) >= 11 is 0. The van der Waals surface area contributed by atoms with E-state index in [0.29, 0.717) is 0 Å². The number of aliphatic imine (C=N–C) groups is 1. The predicted molar refractivity (Wildman–Crippen MR) is 117 cm³/mol. The van der Waals surface area contributed by atoms with Crippen molar-refractivity contribution in [1.82, 2.24) is 0 Å². The van der Waals surface area contributed by atoms with Gasteiger partial charge in [0.05, 0.1) is 43.7 Å². The van der Waals surface area contributed by atoms with Gasteiger partial charge in [-0.15, -0.1) is 0 Å². The Morgan fingerprint density at radius 1 is 0.800 bits per heavy atom. The number of ether oxygens (including phenoxy) is 2. The Balaban J connectivity index is 0.000000486. The molecule has 5 N–H and O–H groups in total. The lowest BCUT2D eigenvalue weighted by Gasteiger charge is -2.39. The van der Waals surface area contributed by atoms with E-state index in [0.717, 1.165) is 12.1 Å². The second-order valence-electron chi connectivity index (χ2n) is 7.76. The summed E-state index contributed by atoms with van der Waals surface area (Å²) in [5.74, 6) is -0.466. The molecule has 5 unspecified atom stereocenters. The lowest BCUT2D eigenvalue weighted by Crippen LogP contribution is -2.52. The van der Waals surface area contributed by atoms with Gasteiger partial charge in [-0.05, 0) is 6.92 Å². The maximum absolute atomic E-state index is 9.97. The zero-order valence-corrected chi connectivity index (χ0v) is 19.9. The van der Waals surface area contributed by atoms with E-state index in [1.165, 1.54) is 0 Å².